The number of hydrogen-bond donors (Lipinski definition) is 3. The van der Waals surface area contributed by atoms with Gasteiger partial charge in [0.2, 0.25) is 5.91 Å². The molecule has 0 aliphatic carbocycles. The normalized spacial score (nSPS) is 13.7. The maximum atomic E-state index is 13.2. The third-order valence-corrected chi connectivity index (χ3v) is 12.4. The predicted octanol–water partition coefficient (Wildman–Crippen LogP) is 17.0. The Labute approximate surface area is 402 Å². The zero-order valence-electron chi connectivity index (χ0n) is 42.9. The average molecular weight is 908 g/mol. The van der Waals surface area contributed by atoms with E-state index in [2.05, 4.69) is 74.7 Å². The molecule has 0 aliphatic rings. The van der Waals surface area contributed by atoms with Crippen molar-refractivity contribution in [3.8, 4) is 0 Å². The molecule has 0 spiro atoms. The van der Waals surface area contributed by atoms with Crippen LogP contribution in [-0.2, 0) is 14.3 Å². The molecule has 0 saturated carbocycles. The number of aliphatic hydroxyl groups excluding tert-OH is 2. The largest absolute Gasteiger partial charge is 0.462 e. The molecule has 3 N–H and O–H groups in total. The number of hydrogen-bond acceptors (Lipinski definition) is 5. The van der Waals surface area contributed by atoms with Crippen molar-refractivity contribution in [2.24, 2.45) is 0 Å². The van der Waals surface area contributed by atoms with E-state index >= 15 is 0 Å². The number of rotatable bonds is 49. The summed E-state index contributed by atoms with van der Waals surface area (Å²) in [6.07, 6.45) is 66.8. The SMILES string of the molecule is CCC/C=C/C=C/C=C/C=C/C=C/CCCCCCCC(=O)OC(CCC/C=C\CCCCCCCC)CC(=O)NC(CO)C(O)CCCCCCCCCCCCCCCCCCC. The van der Waals surface area contributed by atoms with E-state index in [4.69, 9.17) is 4.74 Å². The van der Waals surface area contributed by atoms with Gasteiger partial charge in [0.25, 0.3) is 0 Å². The maximum Gasteiger partial charge on any atom is 0.306 e. The minimum atomic E-state index is -0.802. The lowest BCUT2D eigenvalue weighted by Crippen LogP contribution is -2.46. The third kappa shape index (κ3) is 47.6. The Bertz CT molecular complexity index is 1200. The lowest BCUT2D eigenvalue weighted by Gasteiger charge is -2.24. The quantitative estimate of drug-likeness (QED) is 0.0245. The van der Waals surface area contributed by atoms with Crippen LogP contribution in [0.5, 0.6) is 0 Å². The van der Waals surface area contributed by atoms with Gasteiger partial charge in [0.1, 0.15) is 6.10 Å². The fraction of sp³-hybridized carbons (Fsp3) is 0.763. The van der Waals surface area contributed by atoms with Gasteiger partial charge in [0, 0.05) is 6.42 Å². The molecule has 0 aromatic heterocycles. The van der Waals surface area contributed by atoms with Gasteiger partial charge in [-0.1, -0.05) is 261 Å². The fourth-order valence-electron chi connectivity index (χ4n) is 8.17. The summed E-state index contributed by atoms with van der Waals surface area (Å²) in [7, 11) is 0. The monoisotopic (exact) mass is 908 g/mol. The molecular formula is C59H105NO5. The standard InChI is InChI=1S/C59H105NO5/c1-4-7-10-13-16-19-22-24-26-28-30-32-34-37-40-43-46-49-52-59(64)65-55(50-47-44-41-38-35-21-18-15-12-9-6-3)53-58(63)60-56(54-61)57(62)51-48-45-42-39-36-33-31-29-27-25-23-20-17-14-11-8-5-2/h10,13,16,19,22,24,26,28,30,32,38,41,55-57,61-62H,4-9,11-12,14-15,17-18,20-21,23,25,27,29,31,33-37,39-40,42-54H2,1-3H3,(H,60,63)/b13-10+,19-16+,24-22+,28-26+,32-30+,41-38-. The highest BCUT2D eigenvalue weighted by atomic mass is 16.5. The van der Waals surface area contributed by atoms with Gasteiger partial charge in [-0.2, -0.15) is 0 Å². The second kappa shape index (κ2) is 52.3. The summed E-state index contributed by atoms with van der Waals surface area (Å²) < 4.78 is 5.91. The van der Waals surface area contributed by atoms with E-state index in [0.29, 0.717) is 19.3 Å². The minimum Gasteiger partial charge on any atom is -0.462 e. The van der Waals surface area contributed by atoms with Crippen molar-refractivity contribution in [3.05, 3.63) is 72.9 Å². The van der Waals surface area contributed by atoms with Crippen molar-refractivity contribution < 1.29 is 24.5 Å². The van der Waals surface area contributed by atoms with E-state index < -0.39 is 18.2 Å². The lowest BCUT2D eigenvalue weighted by atomic mass is 10.0. The zero-order chi connectivity index (χ0) is 47.4. The number of nitrogens with one attached hydrogen (secondary N) is 1. The smallest absolute Gasteiger partial charge is 0.306 e. The van der Waals surface area contributed by atoms with Gasteiger partial charge in [0.15, 0.2) is 0 Å². The van der Waals surface area contributed by atoms with E-state index in [1.807, 2.05) is 24.3 Å². The average Bonchev–Trinajstić information content (AvgIpc) is 3.30. The molecule has 376 valence electrons. The van der Waals surface area contributed by atoms with Crippen molar-refractivity contribution >= 4 is 11.9 Å². The number of carbonyl (C=O) groups is 2. The molecule has 0 bridgehead atoms. The van der Waals surface area contributed by atoms with Crippen LogP contribution in [0.4, 0.5) is 0 Å². The Hall–Kier alpha value is -2.70. The van der Waals surface area contributed by atoms with Gasteiger partial charge in [0.05, 0.1) is 25.2 Å². The van der Waals surface area contributed by atoms with E-state index in [1.165, 1.54) is 135 Å². The van der Waals surface area contributed by atoms with E-state index in [9.17, 15) is 19.8 Å². The topological polar surface area (TPSA) is 95.9 Å². The first-order valence-corrected chi connectivity index (χ1v) is 27.7. The molecule has 0 aliphatic heterocycles. The molecule has 0 saturated heterocycles. The molecule has 0 aromatic carbocycles. The summed E-state index contributed by atoms with van der Waals surface area (Å²) in [5, 5.41) is 23.8. The fourth-order valence-corrected chi connectivity index (χ4v) is 8.17. The summed E-state index contributed by atoms with van der Waals surface area (Å²) in [5.74, 6) is -0.530. The summed E-state index contributed by atoms with van der Waals surface area (Å²) in [5.41, 5.74) is 0. The van der Waals surface area contributed by atoms with Gasteiger partial charge < -0.3 is 20.3 Å². The number of allylic oxidation sites excluding steroid dienone is 12. The lowest BCUT2D eigenvalue weighted by molar-refractivity contribution is -0.151. The first-order chi connectivity index (χ1) is 32.0. The van der Waals surface area contributed by atoms with Crippen LogP contribution < -0.4 is 5.32 Å². The summed E-state index contributed by atoms with van der Waals surface area (Å²) in [6, 6.07) is -0.718. The van der Waals surface area contributed by atoms with Crippen molar-refractivity contribution in [1.29, 1.82) is 0 Å². The Morgan fingerprint density at radius 1 is 0.446 bits per heavy atom. The van der Waals surface area contributed by atoms with E-state index in [-0.39, 0.29) is 24.9 Å². The molecule has 6 nitrogen and oxygen atoms in total. The predicted molar refractivity (Wildman–Crippen MR) is 282 cm³/mol. The van der Waals surface area contributed by atoms with Crippen LogP contribution in [0.1, 0.15) is 265 Å². The van der Waals surface area contributed by atoms with Gasteiger partial charge >= 0.3 is 5.97 Å². The first kappa shape index (κ1) is 62.3. The number of esters is 1. The second-order valence-electron chi connectivity index (χ2n) is 18.8. The van der Waals surface area contributed by atoms with Gasteiger partial charge in [-0.25, -0.2) is 0 Å². The summed E-state index contributed by atoms with van der Waals surface area (Å²) in [6.45, 7) is 6.39. The number of unbranched alkanes of at least 4 members (excludes halogenated alkanes) is 29. The highest BCUT2D eigenvalue weighted by molar-refractivity contribution is 5.77. The molecule has 1 amide bonds. The molecule has 0 aromatic rings. The molecule has 0 rings (SSSR count). The molecule has 0 fully saturated rings. The zero-order valence-corrected chi connectivity index (χ0v) is 42.9. The molecule has 6 heteroatoms. The summed E-state index contributed by atoms with van der Waals surface area (Å²) in [4.78, 5) is 26.2. The Kier molecular flexibility index (Phi) is 50.1. The van der Waals surface area contributed by atoms with E-state index in [0.717, 1.165) is 83.5 Å². The van der Waals surface area contributed by atoms with Gasteiger partial charge in [-0.3, -0.25) is 9.59 Å². The highest BCUT2D eigenvalue weighted by Crippen LogP contribution is 2.17. The molecule has 0 heterocycles. The van der Waals surface area contributed by atoms with Crippen LogP contribution in [0.25, 0.3) is 0 Å². The molecule has 3 unspecified atom stereocenters. The number of ether oxygens (including phenoxy) is 1. The second-order valence-corrected chi connectivity index (χ2v) is 18.8. The van der Waals surface area contributed by atoms with Gasteiger partial charge in [-0.05, 0) is 64.2 Å². The highest BCUT2D eigenvalue weighted by Gasteiger charge is 2.24. The van der Waals surface area contributed by atoms with Crippen LogP contribution in [0.3, 0.4) is 0 Å². The minimum absolute atomic E-state index is 0.0440. The van der Waals surface area contributed by atoms with Gasteiger partial charge in [-0.15, -0.1) is 0 Å². The Balaban J connectivity index is 4.55. The maximum absolute atomic E-state index is 13.2. The van der Waals surface area contributed by atoms with Crippen molar-refractivity contribution in [1.82, 2.24) is 5.32 Å². The Morgan fingerprint density at radius 2 is 0.846 bits per heavy atom. The van der Waals surface area contributed by atoms with Crippen LogP contribution in [-0.4, -0.2) is 46.9 Å². The number of carbonyl (C=O) groups excluding carboxylic acids is 2. The van der Waals surface area contributed by atoms with Crippen LogP contribution in [0.2, 0.25) is 0 Å². The molecule has 0 radical (unpaired) electrons. The number of amides is 1. The third-order valence-electron chi connectivity index (χ3n) is 12.4. The Morgan fingerprint density at radius 3 is 1.32 bits per heavy atom. The first-order valence-electron chi connectivity index (χ1n) is 27.7. The molecule has 3 atom stereocenters. The van der Waals surface area contributed by atoms with Crippen LogP contribution in [0, 0.1) is 0 Å². The number of aliphatic hydroxyl groups is 2. The molecular weight excluding hydrogens is 803 g/mol. The van der Waals surface area contributed by atoms with Crippen molar-refractivity contribution in [2.75, 3.05) is 6.61 Å². The van der Waals surface area contributed by atoms with Crippen LogP contribution >= 0.6 is 0 Å². The van der Waals surface area contributed by atoms with E-state index in [1.54, 1.807) is 0 Å². The van der Waals surface area contributed by atoms with Crippen molar-refractivity contribution in [2.45, 2.75) is 283 Å². The van der Waals surface area contributed by atoms with Crippen LogP contribution in [0.15, 0.2) is 72.9 Å². The van der Waals surface area contributed by atoms with Crippen molar-refractivity contribution in [3.63, 3.8) is 0 Å². The summed E-state index contributed by atoms with van der Waals surface area (Å²) >= 11 is 0. The molecule has 65 heavy (non-hydrogen) atoms.